The van der Waals surface area contributed by atoms with Crippen molar-refractivity contribution < 1.29 is 95.1 Å². The van der Waals surface area contributed by atoms with Crippen LogP contribution < -0.4 is 24.3 Å². The summed E-state index contributed by atoms with van der Waals surface area (Å²) in [5.41, 5.74) is 16.1. The molecule has 8 atom stereocenters. The number of amides is 4. The maximum absolute atomic E-state index is 12.7. The van der Waals surface area contributed by atoms with E-state index < -0.39 is 11.9 Å². The van der Waals surface area contributed by atoms with Gasteiger partial charge < -0.3 is 76.7 Å². The quantitative estimate of drug-likeness (QED) is 0.0318. The number of esters is 2. The first kappa shape index (κ1) is 99.7. The summed E-state index contributed by atoms with van der Waals surface area (Å²) in [6.45, 7) is 15.9. The van der Waals surface area contributed by atoms with Gasteiger partial charge in [0.15, 0.2) is 0 Å². The van der Waals surface area contributed by atoms with Gasteiger partial charge in [-0.1, -0.05) is 109 Å². The number of nitriles is 4. The zero-order chi connectivity index (χ0) is 101. The van der Waals surface area contributed by atoms with Crippen molar-refractivity contribution in [3.8, 4) is 139 Å². The molecule has 37 heteroatoms. The van der Waals surface area contributed by atoms with Crippen molar-refractivity contribution in [1.82, 2.24) is 60.6 Å². The summed E-state index contributed by atoms with van der Waals surface area (Å²) < 4.78 is 54.0. The molecule has 0 radical (unpaired) electrons. The lowest BCUT2D eigenvalue weighted by Gasteiger charge is -2.25. The lowest BCUT2D eigenvalue weighted by atomic mass is 10.0. The van der Waals surface area contributed by atoms with Crippen molar-refractivity contribution in [2.45, 2.75) is 181 Å². The van der Waals surface area contributed by atoms with Gasteiger partial charge in [-0.05, 0) is 222 Å². The number of nitrogens with one attached hydrogen (secondary N) is 1. The van der Waals surface area contributed by atoms with Gasteiger partial charge in [0.25, 0.3) is 23.6 Å². The Morgan fingerprint density at radius 3 is 0.944 bits per heavy atom. The van der Waals surface area contributed by atoms with Gasteiger partial charge in [-0.25, -0.2) is 0 Å². The highest BCUT2D eigenvalue weighted by Gasteiger charge is 2.50. The number of alkyl halides is 1. The van der Waals surface area contributed by atoms with Gasteiger partial charge in [0, 0.05) is 95.2 Å². The number of ether oxygens (including phenoxy) is 6. The molecule has 0 saturated carbocycles. The first-order chi connectivity index (χ1) is 68.9. The monoisotopic (exact) mass is 2000 g/mol. The smallest absolute Gasteiger partial charge is 0.307 e. The van der Waals surface area contributed by atoms with Crippen LogP contribution in [0.2, 0.25) is 0 Å². The van der Waals surface area contributed by atoms with Gasteiger partial charge in [0.2, 0.25) is 46.9 Å². The molecule has 3 N–H and O–H groups in total. The predicted octanol–water partition coefficient (Wildman–Crippen LogP) is 16.8. The van der Waals surface area contributed by atoms with Gasteiger partial charge >= 0.3 is 23.9 Å². The molecule has 4 aromatic heterocycles. The minimum absolute atomic E-state index is 0.00246. The van der Waals surface area contributed by atoms with Crippen molar-refractivity contribution in [3.63, 3.8) is 0 Å². The Morgan fingerprint density at radius 2 is 0.671 bits per heavy atom. The number of methoxy groups -OCH3 is 2. The number of benzene rings is 8. The van der Waals surface area contributed by atoms with Crippen molar-refractivity contribution in [2.24, 2.45) is 23.7 Å². The number of halogens is 1. The molecule has 20 rings (SSSR count). The van der Waals surface area contributed by atoms with E-state index in [0.717, 1.165) is 74.0 Å². The number of likely N-dealkylation sites (tertiary alicyclic amines) is 3. The summed E-state index contributed by atoms with van der Waals surface area (Å²) in [6.07, 6.45) is 4.99. The largest absolute Gasteiger partial charge is 0.490 e. The summed E-state index contributed by atoms with van der Waals surface area (Å²) in [5, 5.41) is 76.8. The fourth-order valence-electron chi connectivity index (χ4n) is 19.9. The minimum atomic E-state index is -0.920. The van der Waals surface area contributed by atoms with Crippen LogP contribution >= 0.6 is 15.9 Å². The first-order valence-corrected chi connectivity index (χ1v) is 48.1. The zero-order valence-corrected chi connectivity index (χ0v) is 81.5. The van der Waals surface area contributed by atoms with E-state index in [2.05, 4.69) is 96.9 Å². The van der Waals surface area contributed by atoms with E-state index in [9.17, 15) is 59.4 Å². The number of carbonyl (C=O) groups is 8. The summed E-state index contributed by atoms with van der Waals surface area (Å²) in [5.74, 6) is 3.57. The third-order valence-corrected chi connectivity index (χ3v) is 26.2. The standard InChI is InChI=1S/C27H26N4O5.2C26H24N4O5.C23H20N4O3.C4H7BrO2/c1-15(2)35-22-8-7-16(11-18(22)14-28)27-29-26(30-36-27)20-6-4-5-19-21(20)12-17-13-23(32)31(25(17)19)10-9-24(33)34-3;2*1-14(2)34-21-7-6-15(10-17(21)13-27)26-28-25(29-35-26)19-5-3-4-18-20(19)11-16-12-22(31)30(24(16)18)9-8-23(32)33;1-12(2)29-19-7-6-13(8-15(19)11-24)23-26-22(27-30-23)17-5-3-4-16-18(17)9-14-10-20(28)25-21(14)16;1-7-4(6)2-3-5/h4-8,11,15,17,25H,9-10,12-13H2,1-3H3;2*3-7,10,14,16,24H,8-9,11-12H2,1-2H3,(H,32,33);3-8,12,14,21H,9-10H2,1-2H3,(H,25,28);2-3H2,1H3. The second kappa shape index (κ2) is 43.6. The summed E-state index contributed by atoms with van der Waals surface area (Å²) >= 11 is 3.09. The number of hydrogen-bond donors (Lipinski definition) is 3. The number of rotatable bonds is 27. The molecule has 12 aromatic rings. The lowest BCUT2D eigenvalue weighted by Crippen LogP contribution is -2.30. The molecule has 8 aliphatic rings. The fourth-order valence-corrected chi connectivity index (χ4v) is 20.2. The molecule has 36 nitrogen and oxygen atoms in total. The van der Waals surface area contributed by atoms with Crippen LogP contribution in [-0.2, 0) is 73.5 Å². The van der Waals surface area contributed by atoms with E-state index >= 15 is 0 Å². The first-order valence-electron chi connectivity index (χ1n) is 46.9. The van der Waals surface area contributed by atoms with Crippen LogP contribution in [0.25, 0.3) is 91.4 Å². The van der Waals surface area contributed by atoms with Gasteiger partial charge in [0.1, 0.15) is 47.3 Å². The molecule has 4 amide bonds. The highest BCUT2D eigenvalue weighted by molar-refractivity contribution is 9.09. The maximum Gasteiger partial charge on any atom is 0.307 e. The Hall–Kier alpha value is -16.3. The van der Waals surface area contributed by atoms with Gasteiger partial charge in [-0.15, -0.1) is 0 Å². The number of carboxylic acids is 2. The number of carbonyl (C=O) groups excluding carboxylic acids is 6. The number of nitrogens with zero attached hydrogens (tertiary/aromatic N) is 15. The van der Waals surface area contributed by atoms with Crippen molar-refractivity contribution >= 4 is 63.4 Å². The third-order valence-electron chi connectivity index (χ3n) is 25.8. The van der Waals surface area contributed by atoms with Crippen LogP contribution in [-0.4, -0.2) is 177 Å². The second-order valence-corrected chi connectivity index (χ2v) is 37.4. The number of aromatic nitrogens is 8. The number of aliphatic carboxylic acids is 2. The Balaban J connectivity index is 0.000000134. The average molecular weight is 2000 g/mol. The maximum atomic E-state index is 12.7. The molecular formula is C106H101BrN16O20. The van der Waals surface area contributed by atoms with Crippen molar-refractivity contribution in [3.05, 3.63) is 212 Å². The zero-order valence-electron chi connectivity index (χ0n) is 79.9. The summed E-state index contributed by atoms with van der Waals surface area (Å²) in [7, 11) is 2.73. The molecule has 4 saturated heterocycles. The Kier molecular flexibility index (Phi) is 30.4. The van der Waals surface area contributed by atoms with Crippen molar-refractivity contribution in [2.75, 3.05) is 39.2 Å². The highest BCUT2D eigenvalue weighted by Crippen LogP contribution is 2.54. The Morgan fingerprint density at radius 1 is 0.392 bits per heavy atom. The molecule has 4 aliphatic carbocycles. The fraction of sp³-hybridized carbons (Fsp3) is 0.358. The summed E-state index contributed by atoms with van der Waals surface area (Å²) in [4.78, 5) is 117. The van der Waals surface area contributed by atoms with Crippen LogP contribution in [0.5, 0.6) is 23.0 Å². The number of carboxylic acid groups (broad SMARTS) is 2. The Bertz CT molecular complexity index is 6880. The van der Waals surface area contributed by atoms with Gasteiger partial charge in [-0.3, -0.25) is 38.4 Å². The third kappa shape index (κ3) is 21.7. The molecule has 4 fully saturated rings. The van der Waals surface area contributed by atoms with Crippen LogP contribution in [0.15, 0.2) is 164 Å². The lowest BCUT2D eigenvalue weighted by molar-refractivity contribution is -0.142. The van der Waals surface area contributed by atoms with Gasteiger partial charge in [0.05, 0.1) is 111 Å². The van der Waals surface area contributed by atoms with E-state index in [1.165, 1.54) is 19.8 Å². The molecule has 8 unspecified atom stereocenters. The number of hydrogen-bond acceptors (Lipinski definition) is 30. The predicted molar refractivity (Wildman–Crippen MR) is 516 cm³/mol. The van der Waals surface area contributed by atoms with Gasteiger partial charge in [-0.2, -0.15) is 41.0 Å². The van der Waals surface area contributed by atoms with E-state index in [0.29, 0.717) is 171 Å². The Labute approximate surface area is 830 Å². The topological polar surface area (TPSA) is 505 Å². The van der Waals surface area contributed by atoms with Crippen LogP contribution in [0.1, 0.15) is 198 Å². The molecule has 0 bridgehead atoms. The minimum Gasteiger partial charge on any atom is -0.490 e. The molecule has 143 heavy (non-hydrogen) atoms. The van der Waals surface area contributed by atoms with E-state index in [1.807, 2.05) is 128 Å². The van der Waals surface area contributed by atoms with E-state index in [4.69, 9.17) is 52.0 Å². The van der Waals surface area contributed by atoms with E-state index in [1.54, 1.807) is 81.4 Å². The molecule has 0 spiro atoms. The molecule has 732 valence electrons. The highest BCUT2D eigenvalue weighted by atomic mass is 79.9. The van der Waals surface area contributed by atoms with Crippen LogP contribution in [0.4, 0.5) is 0 Å². The van der Waals surface area contributed by atoms with E-state index in [-0.39, 0.29) is 140 Å². The normalized spacial score (nSPS) is 18.1. The molecule has 4 aliphatic heterocycles. The molecule has 8 aromatic carbocycles. The molecular weight excluding hydrogens is 1900 g/mol. The summed E-state index contributed by atoms with van der Waals surface area (Å²) in [6, 6.07) is 52.7. The van der Waals surface area contributed by atoms with Crippen molar-refractivity contribution in [1.29, 1.82) is 21.0 Å². The average Bonchev–Trinajstić information content (AvgIpc) is 1.58. The SMILES string of the molecule is CC(C)Oc1ccc(-c2nc(-c3cccc4c3CC3CC(=O)N(CCC(=O)O)C43)no2)cc1C#N.CC(C)Oc1ccc(-c2nc(-c3cccc4c3CC3CC(=O)N(CCC(=O)O)C43)no2)cc1C#N.CC(C)Oc1ccc(-c2nc(-c3cccc4c3CC3CC(=O)NC43)no2)cc1C#N.COC(=O)CCBr.COC(=O)CCN1C(=O)CC2Cc3c(-c4noc(-c5ccc(OC(C)C)c(C#N)c5)n4)cccc3C21. The second-order valence-electron chi connectivity index (χ2n) is 36.6. The number of fused-ring (bicyclic) bond motifs is 12. The molecule has 8 heterocycles. The van der Waals surface area contributed by atoms with Crippen LogP contribution in [0, 0.1) is 69.0 Å². The van der Waals surface area contributed by atoms with Crippen LogP contribution in [0.3, 0.4) is 0 Å².